The highest BCUT2D eigenvalue weighted by Gasteiger charge is 2.03. The summed E-state index contributed by atoms with van der Waals surface area (Å²) in [5.74, 6) is 1.21. The molecular formula is C12H28N3OSSi-. The predicted molar refractivity (Wildman–Crippen MR) is 85.8 cm³/mol. The molecule has 0 saturated carbocycles. The van der Waals surface area contributed by atoms with E-state index in [1.54, 1.807) is 0 Å². The molecule has 0 aromatic rings. The van der Waals surface area contributed by atoms with E-state index in [0.717, 1.165) is 55.3 Å². The van der Waals surface area contributed by atoms with Crippen LogP contribution in [-0.2, 0) is 15.1 Å². The first-order valence-corrected chi connectivity index (χ1v) is 9.94. The van der Waals surface area contributed by atoms with Crippen LogP contribution < -0.4 is 10.6 Å². The molecule has 6 heteroatoms. The number of likely N-dealkylation sites (N-methyl/N-ethyl adjacent to an activating group) is 1. The number of nitrogens with zero attached hydrogens (tertiary/aromatic N) is 1. The number of hydrogen-bond donors (Lipinski definition) is 2. The fourth-order valence-corrected chi connectivity index (χ4v) is 2.30. The molecule has 0 heterocycles. The summed E-state index contributed by atoms with van der Waals surface area (Å²) < 4.78 is 0. The molecule has 4 nitrogen and oxygen atoms in total. The fraction of sp³-hybridized carbons (Fsp3) is 0.833. The molecule has 0 fully saturated rings. The Morgan fingerprint density at radius 3 is 2.56 bits per heavy atom. The Balaban J connectivity index is 3.88. The Hall–Kier alpha value is -0.263. The molecule has 0 aromatic carbocycles. The maximum atomic E-state index is 11.2. The summed E-state index contributed by atoms with van der Waals surface area (Å²) in [6.07, 6.45) is 2.06. The van der Waals surface area contributed by atoms with Gasteiger partial charge in [0.05, 0.1) is 0 Å². The third-order valence-corrected chi connectivity index (χ3v) is 4.12. The average molecular weight is 291 g/mol. The van der Waals surface area contributed by atoms with Gasteiger partial charge < -0.3 is 31.5 Å². The van der Waals surface area contributed by atoms with Gasteiger partial charge in [-0.2, -0.15) is 0 Å². The molecule has 1 amide bonds. The minimum absolute atomic E-state index is 0.00326. The summed E-state index contributed by atoms with van der Waals surface area (Å²) in [5.41, 5.74) is 5.81. The Labute approximate surface area is 117 Å². The monoisotopic (exact) mass is 290 g/mol. The van der Waals surface area contributed by atoms with Crippen molar-refractivity contribution in [2.75, 3.05) is 51.3 Å². The lowest BCUT2D eigenvalue weighted by Crippen LogP contribution is -2.40. The van der Waals surface area contributed by atoms with E-state index in [9.17, 15) is 4.79 Å². The largest absolute Gasteiger partial charge is 0.459 e. The van der Waals surface area contributed by atoms with Gasteiger partial charge in [-0.05, 0) is 13.1 Å². The molecule has 0 atom stereocenters. The van der Waals surface area contributed by atoms with Gasteiger partial charge in [-0.25, -0.2) is 0 Å². The Kier molecular flexibility index (Phi) is 11.6. The van der Waals surface area contributed by atoms with Gasteiger partial charge in [0.1, 0.15) is 0 Å². The standard InChI is InChI=1S/C12H28N3OSSi/c1-4-13-5-7-15(9-10-17(2)3)8-6-14-12(16)11-18/h2,13H,4-11H2,1,3,18H3,(H,14,16)/q-1. The smallest absolute Gasteiger partial charge is 0.216 e. The summed E-state index contributed by atoms with van der Waals surface area (Å²) in [7, 11) is 0.933. The van der Waals surface area contributed by atoms with Gasteiger partial charge >= 0.3 is 0 Å². The fourth-order valence-electron chi connectivity index (χ4n) is 1.50. The first-order chi connectivity index (χ1) is 8.60. The second-order valence-corrected chi connectivity index (χ2v) is 6.79. The number of amides is 1. The number of carbonyl (C=O) groups is 1. The Morgan fingerprint density at radius 1 is 1.33 bits per heavy atom. The van der Waals surface area contributed by atoms with Gasteiger partial charge in [0.2, 0.25) is 5.91 Å². The average Bonchev–Trinajstić information content (AvgIpc) is 2.35. The maximum Gasteiger partial charge on any atom is 0.216 e. The summed E-state index contributed by atoms with van der Waals surface area (Å²) in [4.78, 5) is 13.6. The van der Waals surface area contributed by atoms with Crippen molar-refractivity contribution < 1.29 is 4.79 Å². The lowest BCUT2D eigenvalue weighted by molar-refractivity contribution is -0.118. The number of hydrogen-bond acceptors (Lipinski definition) is 4. The second kappa shape index (κ2) is 11.8. The molecule has 0 radical (unpaired) electrons. The van der Waals surface area contributed by atoms with E-state index < -0.39 is 0 Å². The molecule has 0 bridgehead atoms. The molecule has 0 aliphatic heterocycles. The molecule has 0 unspecified atom stereocenters. The van der Waals surface area contributed by atoms with Crippen molar-refractivity contribution in [3.05, 3.63) is 0 Å². The molecule has 0 rings (SSSR count). The first kappa shape index (κ1) is 17.7. The van der Waals surface area contributed by atoms with Crippen molar-refractivity contribution in [3.8, 4) is 5.69 Å². The van der Waals surface area contributed by atoms with E-state index in [-0.39, 0.29) is 16.2 Å². The molecular weight excluding hydrogens is 262 g/mol. The third kappa shape index (κ3) is 10.9. The first-order valence-electron chi connectivity index (χ1n) is 6.66. The van der Waals surface area contributed by atoms with Crippen LogP contribution in [0, 0.1) is 5.69 Å². The topological polar surface area (TPSA) is 44.4 Å². The maximum absolute atomic E-state index is 11.2. The normalized spacial score (nSPS) is 11.3. The van der Waals surface area contributed by atoms with Crippen LogP contribution in [0.15, 0.2) is 0 Å². The summed E-state index contributed by atoms with van der Waals surface area (Å²) in [6, 6.07) is 0.693. The molecule has 0 aliphatic carbocycles. The summed E-state index contributed by atoms with van der Waals surface area (Å²) in [6.45, 7) is 7.79. The van der Waals surface area contributed by atoms with Crippen molar-refractivity contribution in [1.29, 1.82) is 0 Å². The van der Waals surface area contributed by atoms with E-state index in [2.05, 4.69) is 28.7 Å². The number of rotatable bonds is 10. The third-order valence-electron chi connectivity index (χ3n) is 2.66. The molecule has 108 valence electrons. The van der Waals surface area contributed by atoms with E-state index in [4.69, 9.17) is 5.69 Å². The van der Waals surface area contributed by atoms with E-state index in [1.165, 1.54) is 0 Å². The second-order valence-electron chi connectivity index (χ2n) is 4.29. The molecule has 18 heavy (non-hydrogen) atoms. The zero-order valence-corrected chi connectivity index (χ0v) is 14.8. The van der Waals surface area contributed by atoms with Gasteiger partial charge in [0.25, 0.3) is 0 Å². The molecule has 0 aliphatic rings. The minimum Gasteiger partial charge on any atom is -0.459 e. The molecule has 2 N–H and O–H groups in total. The van der Waals surface area contributed by atoms with Crippen LogP contribution in [0.3, 0.4) is 0 Å². The predicted octanol–water partition coefficient (Wildman–Crippen LogP) is -1.37. The van der Waals surface area contributed by atoms with Gasteiger partial charge in [-0.3, -0.25) is 4.79 Å². The minimum atomic E-state index is -0.00326. The number of nitrogens with one attached hydrogen (secondary N) is 2. The zero-order valence-electron chi connectivity index (χ0n) is 12.0. The van der Waals surface area contributed by atoms with Crippen LogP contribution >= 0.6 is 0 Å². The van der Waals surface area contributed by atoms with Gasteiger partial charge in [-0.15, -0.1) is 12.0 Å². The highest BCUT2D eigenvalue weighted by atomic mass is 32.2. The van der Waals surface area contributed by atoms with Crippen LogP contribution in [0.5, 0.6) is 0 Å². The van der Waals surface area contributed by atoms with E-state index in [0.29, 0.717) is 6.04 Å². The SMILES string of the molecule is C#[S-](C)CCN(CCNCC)CCNC(=O)C[SiH3]. The van der Waals surface area contributed by atoms with Crippen molar-refractivity contribution >= 4 is 26.5 Å². The lowest BCUT2D eigenvalue weighted by Gasteiger charge is -2.25. The van der Waals surface area contributed by atoms with Crippen molar-refractivity contribution in [3.63, 3.8) is 0 Å². The highest BCUT2D eigenvalue weighted by Crippen LogP contribution is 1.88. The van der Waals surface area contributed by atoms with Crippen LogP contribution in [-0.4, -0.2) is 72.3 Å². The van der Waals surface area contributed by atoms with Crippen LogP contribution in [0.1, 0.15) is 6.92 Å². The van der Waals surface area contributed by atoms with E-state index in [1.807, 2.05) is 0 Å². The molecule has 0 spiro atoms. The molecule has 0 saturated heterocycles. The Bertz CT molecular complexity index is 291. The van der Waals surface area contributed by atoms with Crippen LogP contribution in [0.4, 0.5) is 0 Å². The van der Waals surface area contributed by atoms with Gasteiger partial charge in [-0.1, -0.05) is 6.92 Å². The van der Waals surface area contributed by atoms with E-state index >= 15 is 0 Å². The quantitative estimate of drug-likeness (QED) is 0.297. The lowest BCUT2D eigenvalue weighted by atomic mass is 10.4. The van der Waals surface area contributed by atoms with Gasteiger partial charge in [0, 0.05) is 42.5 Å². The van der Waals surface area contributed by atoms with Crippen LogP contribution in [0.2, 0.25) is 6.04 Å². The Morgan fingerprint density at radius 2 is 2.00 bits per heavy atom. The number of carbonyl (C=O) groups excluding carboxylic acids is 1. The van der Waals surface area contributed by atoms with Crippen molar-refractivity contribution in [1.82, 2.24) is 15.5 Å². The zero-order chi connectivity index (χ0) is 13.8. The molecule has 0 aromatic heterocycles. The summed E-state index contributed by atoms with van der Waals surface area (Å²) >= 11 is 0. The highest BCUT2D eigenvalue weighted by molar-refractivity contribution is 7.85. The van der Waals surface area contributed by atoms with Crippen LogP contribution in [0.25, 0.3) is 0 Å². The van der Waals surface area contributed by atoms with Crippen molar-refractivity contribution in [2.45, 2.75) is 13.0 Å². The summed E-state index contributed by atoms with van der Waals surface area (Å²) in [5, 5.41) is 6.27. The van der Waals surface area contributed by atoms with Crippen molar-refractivity contribution in [2.24, 2.45) is 0 Å². The van der Waals surface area contributed by atoms with Gasteiger partial charge in [0.15, 0.2) is 0 Å².